The van der Waals surface area contributed by atoms with Crippen LogP contribution in [0.3, 0.4) is 0 Å². The summed E-state index contributed by atoms with van der Waals surface area (Å²) >= 11 is 0. The summed E-state index contributed by atoms with van der Waals surface area (Å²) in [5.74, 6) is 0. The van der Waals surface area contributed by atoms with Crippen molar-refractivity contribution in [2.24, 2.45) is 0 Å². The summed E-state index contributed by atoms with van der Waals surface area (Å²) in [6, 6.07) is 7.23. The summed E-state index contributed by atoms with van der Waals surface area (Å²) in [4.78, 5) is 28.3. The fourth-order valence-corrected chi connectivity index (χ4v) is 2.46. The van der Waals surface area contributed by atoms with Gasteiger partial charge in [-0.3, -0.25) is 9.80 Å². The highest BCUT2D eigenvalue weighted by Gasteiger charge is 2.29. The SMILES string of the molecule is CC(C)(C)OC(=O)N1/C=C\CCN(C(=O)OC(C)(C)C)c2ccccc21. The molecule has 0 fully saturated rings. The molecule has 6 heteroatoms. The van der Waals surface area contributed by atoms with Gasteiger partial charge in [0.25, 0.3) is 0 Å². The highest BCUT2D eigenvalue weighted by molar-refractivity contribution is 5.99. The average molecular weight is 360 g/mol. The van der Waals surface area contributed by atoms with Gasteiger partial charge in [-0.25, -0.2) is 9.59 Å². The minimum absolute atomic E-state index is 0.440. The Kier molecular flexibility index (Phi) is 5.64. The first-order valence-corrected chi connectivity index (χ1v) is 8.76. The van der Waals surface area contributed by atoms with Crippen LogP contribution in [0.2, 0.25) is 0 Å². The van der Waals surface area contributed by atoms with Gasteiger partial charge in [-0.15, -0.1) is 0 Å². The van der Waals surface area contributed by atoms with Crippen molar-refractivity contribution < 1.29 is 19.1 Å². The van der Waals surface area contributed by atoms with Crippen LogP contribution in [0.4, 0.5) is 21.0 Å². The maximum Gasteiger partial charge on any atom is 0.419 e. The highest BCUT2D eigenvalue weighted by Crippen LogP contribution is 2.33. The second-order valence-corrected chi connectivity index (χ2v) is 8.14. The zero-order chi connectivity index (χ0) is 19.5. The molecule has 0 N–H and O–H groups in total. The molecule has 2 amide bonds. The van der Waals surface area contributed by atoms with Gasteiger partial charge in [0.05, 0.1) is 11.4 Å². The van der Waals surface area contributed by atoms with Crippen molar-refractivity contribution in [2.45, 2.75) is 59.2 Å². The normalized spacial score (nSPS) is 16.2. The van der Waals surface area contributed by atoms with Gasteiger partial charge < -0.3 is 9.47 Å². The van der Waals surface area contributed by atoms with Crippen LogP contribution in [0.5, 0.6) is 0 Å². The third-order valence-electron chi connectivity index (χ3n) is 3.41. The predicted molar refractivity (Wildman–Crippen MR) is 102 cm³/mol. The van der Waals surface area contributed by atoms with Gasteiger partial charge in [-0.1, -0.05) is 18.2 Å². The summed E-state index contributed by atoms with van der Waals surface area (Å²) in [7, 11) is 0. The molecule has 0 bridgehead atoms. The summed E-state index contributed by atoms with van der Waals surface area (Å²) in [5, 5.41) is 0. The van der Waals surface area contributed by atoms with Crippen molar-refractivity contribution in [1.29, 1.82) is 0 Å². The van der Waals surface area contributed by atoms with Gasteiger partial charge >= 0.3 is 12.2 Å². The van der Waals surface area contributed by atoms with Crippen molar-refractivity contribution in [1.82, 2.24) is 0 Å². The van der Waals surface area contributed by atoms with Crippen LogP contribution in [0, 0.1) is 0 Å². The molecular formula is C20H28N2O4. The zero-order valence-electron chi connectivity index (χ0n) is 16.4. The molecule has 26 heavy (non-hydrogen) atoms. The number of anilines is 2. The minimum atomic E-state index is -0.618. The van der Waals surface area contributed by atoms with Crippen molar-refractivity contribution in [3.05, 3.63) is 36.5 Å². The summed E-state index contributed by atoms with van der Waals surface area (Å²) in [6.07, 6.45) is 3.19. The predicted octanol–water partition coefficient (Wildman–Crippen LogP) is 5.09. The van der Waals surface area contributed by atoms with Gasteiger partial charge in [0.2, 0.25) is 0 Å². The Bertz CT molecular complexity index is 698. The Morgan fingerprint density at radius 3 is 2.00 bits per heavy atom. The first-order valence-electron chi connectivity index (χ1n) is 8.76. The lowest BCUT2D eigenvalue weighted by atomic mass is 10.2. The van der Waals surface area contributed by atoms with Crippen LogP contribution in [-0.2, 0) is 9.47 Å². The Hall–Kier alpha value is -2.50. The quantitative estimate of drug-likeness (QED) is 0.647. The molecule has 0 radical (unpaired) electrons. The van der Waals surface area contributed by atoms with Crippen molar-refractivity contribution in [3.8, 4) is 0 Å². The Labute approximate surface area is 155 Å². The minimum Gasteiger partial charge on any atom is -0.443 e. The van der Waals surface area contributed by atoms with Crippen LogP contribution >= 0.6 is 0 Å². The summed E-state index contributed by atoms with van der Waals surface area (Å²) in [6.45, 7) is 11.4. The Balaban J connectivity index is 2.41. The molecule has 6 nitrogen and oxygen atoms in total. The van der Waals surface area contributed by atoms with Crippen LogP contribution < -0.4 is 9.80 Å². The maximum absolute atomic E-state index is 12.7. The number of carbonyl (C=O) groups is 2. The molecule has 1 heterocycles. The number of amides is 2. The zero-order valence-corrected chi connectivity index (χ0v) is 16.4. The van der Waals surface area contributed by atoms with Crippen LogP contribution in [-0.4, -0.2) is 29.9 Å². The van der Waals surface area contributed by atoms with Crippen LogP contribution in [0.15, 0.2) is 36.5 Å². The number of ether oxygens (including phenoxy) is 2. The molecule has 1 aliphatic rings. The van der Waals surface area contributed by atoms with Gasteiger partial charge in [0, 0.05) is 12.7 Å². The van der Waals surface area contributed by atoms with E-state index >= 15 is 0 Å². The van der Waals surface area contributed by atoms with Crippen LogP contribution in [0.25, 0.3) is 0 Å². The molecule has 0 atom stereocenters. The molecule has 1 aliphatic heterocycles. The van der Waals surface area contributed by atoms with Gasteiger partial charge in [-0.05, 0) is 60.1 Å². The lowest BCUT2D eigenvalue weighted by Crippen LogP contribution is -2.40. The van der Waals surface area contributed by atoms with Gasteiger partial charge in [0.15, 0.2) is 0 Å². The summed E-state index contributed by atoms with van der Waals surface area (Å²) in [5.41, 5.74) is -0.0390. The van der Waals surface area contributed by atoms with E-state index in [-0.39, 0.29) is 0 Å². The molecular weight excluding hydrogens is 332 g/mol. The van der Waals surface area contributed by atoms with E-state index < -0.39 is 23.4 Å². The molecule has 0 aromatic heterocycles. The topological polar surface area (TPSA) is 59.1 Å². The molecule has 2 rings (SSSR count). The summed E-state index contributed by atoms with van der Waals surface area (Å²) < 4.78 is 11.0. The Morgan fingerprint density at radius 2 is 1.42 bits per heavy atom. The second-order valence-electron chi connectivity index (χ2n) is 8.14. The number of hydrogen-bond acceptors (Lipinski definition) is 4. The first kappa shape index (κ1) is 19.8. The lowest BCUT2D eigenvalue weighted by Gasteiger charge is -2.32. The number of benzene rings is 1. The Morgan fingerprint density at radius 1 is 0.885 bits per heavy atom. The number of carbonyl (C=O) groups excluding carboxylic acids is 2. The molecule has 0 aliphatic carbocycles. The van der Waals surface area contributed by atoms with E-state index in [0.717, 1.165) is 0 Å². The third-order valence-corrected chi connectivity index (χ3v) is 3.41. The van der Waals surface area contributed by atoms with Crippen LogP contribution in [0.1, 0.15) is 48.0 Å². The van der Waals surface area contributed by atoms with E-state index in [0.29, 0.717) is 24.3 Å². The molecule has 0 unspecified atom stereocenters. The van der Waals surface area contributed by atoms with Crippen molar-refractivity contribution in [3.63, 3.8) is 0 Å². The van der Waals surface area contributed by atoms with Gasteiger partial charge in [0.1, 0.15) is 11.2 Å². The number of fused-ring (bicyclic) bond motifs is 1. The fourth-order valence-electron chi connectivity index (χ4n) is 2.46. The first-order chi connectivity index (χ1) is 12.0. The van der Waals surface area contributed by atoms with E-state index in [1.165, 1.54) is 4.90 Å². The fraction of sp³-hybridized carbons (Fsp3) is 0.500. The monoisotopic (exact) mass is 360 g/mol. The highest BCUT2D eigenvalue weighted by atomic mass is 16.6. The number of para-hydroxylation sites is 2. The molecule has 142 valence electrons. The number of rotatable bonds is 0. The molecule has 1 aromatic carbocycles. The van der Waals surface area contributed by atoms with E-state index in [9.17, 15) is 9.59 Å². The van der Waals surface area contributed by atoms with Crippen molar-refractivity contribution >= 4 is 23.6 Å². The van der Waals surface area contributed by atoms with E-state index in [1.807, 2.05) is 59.8 Å². The largest absolute Gasteiger partial charge is 0.443 e. The van der Waals surface area contributed by atoms with E-state index in [4.69, 9.17) is 9.47 Å². The average Bonchev–Trinajstić information content (AvgIpc) is 2.44. The number of nitrogens with zero attached hydrogens (tertiary/aromatic N) is 2. The number of hydrogen-bond donors (Lipinski definition) is 0. The van der Waals surface area contributed by atoms with Gasteiger partial charge in [-0.2, -0.15) is 0 Å². The van der Waals surface area contributed by atoms with Crippen molar-refractivity contribution in [2.75, 3.05) is 16.3 Å². The molecule has 0 spiro atoms. The maximum atomic E-state index is 12.7. The smallest absolute Gasteiger partial charge is 0.419 e. The molecule has 1 aromatic rings. The third kappa shape index (κ3) is 5.25. The molecule has 0 saturated heterocycles. The van der Waals surface area contributed by atoms with E-state index in [1.54, 1.807) is 23.2 Å². The lowest BCUT2D eigenvalue weighted by molar-refractivity contribution is 0.0568. The molecule has 0 saturated carbocycles. The standard InChI is InChI=1S/C20H28N2O4/c1-19(2,3)25-17(23)21-13-9-10-14-22(18(24)26-20(4,5)6)16-12-8-7-11-15(16)21/h7-9,11-13H,10,14H2,1-6H3/b13-9-. The second kappa shape index (κ2) is 7.40. The van der Waals surface area contributed by atoms with E-state index in [2.05, 4.69) is 0 Å².